The van der Waals surface area contributed by atoms with Crippen LogP contribution in [-0.2, 0) is 14.8 Å². The van der Waals surface area contributed by atoms with Crippen LogP contribution in [0.5, 0.6) is 0 Å². The maximum atomic E-state index is 13.0. The maximum absolute atomic E-state index is 13.0. The fourth-order valence-electron chi connectivity index (χ4n) is 2.21. The number of hydrogen-bond acceptors (Lipinski definition) is 3. The molecule has 0 bridgehead atoms. The lowest BCUT2D eigenvalue weighted by molar-refractivity contribution is 0.157. The number of methoxy groups -OCH3 is 1. The summed E-state index contributed by atoms with van der Waals surface area (Å²) in [6.07, 6.45) is 0.784. The summed E-state index contributed by atoms with van der Waals surface area (Å²) in [4.78, 5) is 0.104. The van der Waals surface area contributed by atoms with Crippen LogP contribution in [0.25, 0.3) is 0 Å². The van der Waals surface area contributed by atoms with Gasteiger partial charge in [-0.15, -0.1) is 0 Å². The minimum Gasteiger partial charge on any atom is -0.384 e. The minimum absolute atomic E-state index is 0.104. The van der Waals surface area contributed by atoms with Crippen molar-refractivity contribution in [2.45, 2.75) is 11.3 Å². The van der Waals surface area contributed by atoms with Crippen LogP contribution in [0.1, 0.15) is 6.42 Å². The minimum atomic E-state index is -3.57. The highest BCUT2D eigenvalue weighted by atomic mass is 79.9. The standard InChI is InChI=1S/C12H15BrFNO3S/c1-18-8-9-4-5-15(7-9)19(16,17)12-3-2-10(14)6-11(12)13/h2-3,6,9H,4-5,7-8H2,1H3. The van der Waals surface area contributed by atoms with Gasteiger partial charge in [-0.2, -0.15) is 4.31 Å². The smallest absolute Gasteiger partial charge is 0.244 e. The molecular weight excluding hydrogens is 337 g/mol. The predicted octanol–water partition coefficient (Wildman–Crippen LogP) is 2.25. The Kier molecular flexibility index (Phi) is 4.60. The lowest BCUT2D eigenvalue weighted by atomic mass is 10.1. The van der Waals surface area contributed by atoms with Crippen molar-refractivity contribution in [3.05, 3.63) is 28.5 Å². The molecule has 1 aromatic rings. The summed E-state index contributed by atoms with van der Waals surface area (Å²) in [6, 6.07) is 3.61. The van der Waals surface area contributed by atoms with Gasteiger partial charge in [-0.25, -0.2) is 12.8 Å². The van der Waals surface area contributed by atoms with Crippen molar-refractivity contribution in [3.63, 3.8) is 0 Å². The second-order valence-electron chi connectivity index (χ2n) is 4.55. The van der Waals surface area contributed by atoms with Crippen molar-refractivity contribution in [2.75, 3.05) is 26.8 Å². The normalized spacial score (nSPS) is 20.9. The Bertz CT molecular complexity index is 564. The van der Waals surface area contributed by atoms with Gasteiger partial charge >= 0.3 is 0 Å². The third kappa shape index (κ3) is 3.16. The van der Waals surface area contributed by atoms with Gasteiger partial charge in [0, 0.05) is 24.7 Å². The van der Waals surface area contributed by atoms with E-state index in [0.29, 0.717) is 19.7 Å². The Morgan fingerprint density at radius 3 is 2.89 bits per heavy atom. The number of ether oxygens (including phenoxy) is 1. The fraction of sp³-hybridized carbons (Fsp3) is 0.500. The summed E-state index contributed by atoms with van der Waals surface area (Å²) in [5.41, 5.74) is 0. The Morgan fingerprint density at radius 2 is 2.26 bits per heavy atom. The summed E-state index contributed by atoms with van der Waals surface area (Å²) >= 11 is 3.11. The van der Waals surface area contributed by atoms with Gasteiger partial charge in [-0.3, -0.25) is 0 Å². The zero-order valence-electron chi connectivity index (χ0n) is 10.5. The van der Waals surface area contributed by atoms with E-state index < -0.39 is 15.8 Å². The van der Waals surface area contributed by atoms with E-state index in [-0.39, 0.29) is 15.3 Å². The Hall–Kier alpha value is -0.500. The summed E-state index contributed by atoms with van der Waals surface area (Å²) in [7, 11) is -1.97. The summed E-state index contributed by atoms with van der Waals surface area (Å²) in [5.74, 6) is -0.247. The lowest BCUT2D eigenvalue weighted by Gasteiger charge is -2.17. The summed E-state index contributed by atoms with van der Waals surface area (Å²) < 4.78 is 44.6. The third-order valence-electron chi connectivity index (χ3n) is 3.16. The number of nitrogens with zero attached hydrogens (tertiary/aromatic N) is 1. The average molecular weight is 352 g/mol. The molecule has 2 rings (SSSR count). The van der Waals surface area contributed by atoms with Crippen LogP contribution in [0.4, 0.5) is 4.39 Å². The number of hydrogen-bond donors (Lipinski definition) is 0. The lowest BCUT2D eigenvalue weighted by Crippen LogP contribution is -2.29. The van der Waals surface area contributed by atoms with Crippen LogP contribution in [0.3, 0.4) is 0 Å². The van der Waals surface area contributed by atoms with Crippen LogP contribution in [0.15, 0.2) is 27.6 Å². The van der Waals surface area contributed by atoms with Crippen LogP contribution in [0.2, 0.25) is 0 Å². The van der Waals surface area contributed by atoms with Crippen LogP contribution in [0, 0.1) is 11.7 Å². The SMILES string of the molecule is COCC1CCN(S(=O)(=O)c2ccc(F)cc2Br)C1. The van der Waals surface area contributed by atoms with E-state index in [4.69, 9.17) is 4.74 Å². The first-order chi connectivity index (χ1) is 8.95. The van der Waals surface area contributed by atoms with E-state index in [9.17, 15) is 12.8 Å². The van der Waals surface area contributed by atoms with Gasteiger partial charge in [0.2, 0.25) is 10.0 Å². The van der Waals surface area contributed by atoms with E-state index in [2.05, 4.69) is 15.9 Å². The number of halogens is 2. The molecule has 1 saturated heterocycles. The van der Waals surface area contributed by atoms with Crippen molar-refractivity contribution in [2.24, 2.45) is 5.92 Å². The van der Waals surface area contributed by atoms with E-state index in [0.717, 1.165) is 18.6 Å². The van der Waals surface area contributed by atoms with Crippen molar-refractivity contribution >= 4 is 26.0 Å². The molecule has 1 unspecified atom stereocenters. The molecule has 0 aliphatic carbocycles. The molecule has 1 aliphatic heterocycles. The van der Waals surface area contributed by atoms with Crippen molar-refractivity contribution < 1.29 is 17.5 Å². The van der Waals surface area contributed by atoms with E-state index >= 15 is 0 Å². The van der Waals surface area contributed by atoms with Gasteiger partial charge in [0.25, 0.3) is 0 Å². The summed E-state index contributed by atoms with van der Waals surface area (Å²) in [5, 5.41) is 0. The van der Waals surface area contributed by atoms with Crippen LogP contribution >= 0.6 is 15.9 Å². The molecule has 1 aliphatic rings. The number of sulfonamides is 1. The first kappa shape index (κ1) is 14.9. The molecular formula is C12H15BrFNO3S. The molecule has 19 heavy (non-hydrogen) atoms. The van der Waals surface area contributed by atoms with Crippen LogP contribution < -0.4 is 0 Å². The monoisotopic (exact) mass is 351 g/mol. The molecule has 1 atom stereocenters. The molecule has 106 valence electrons. The molecule has 1 fully saturated rings. The molecule has 1 aromatic carbocycles. The molecule has 4 nitrogen and oxygen atoms in total. The Labute approximate surface area is 120 Å². The number of benzene rings is 1. The van der Waals surface area contributed by atoms with E-state index in [1.807, 2.05) is 0 Å². The molecule has 0 amide bonds. The second-order valence-corrected chi connectivity index (χ2v) is 7.31. The maximum Gasteiger partial charge on any atom is 0.244 e. The molecule has 0 radical (unpaired) electrons. The van der Waals surface area contributed by atoms with Gasteiger partial charge in [0.15, 0.2) is 0 Å². The van der Waals surface area contributed by atoms with Gasteiger partial charge in [-0.1, -0.05) is 0 Å². The molecule has 0 aromatic heterocycles. The summed E-state index contributed by atoms with van der Waals surface area (Å²) in [6.45, 7) is 1.47. The zero-order valence-corrected chi connectivity index (χ0v) is 12.9. The number of rotatable bonds is 4. The van der Waals surface area contributed by atoms with Crippen molar-refractivity contribution in [3.8, 4) is 0 Å². The highest BCUT2D eigenvalue weighted by molar-refractivity contribution is 9.10. The predicted molar refractivity (Wildman–Crippen MR) is 72.8 cm³/mol. The average Bonchev–Trinajstić information content (AvgIpc) is 2.78. The Balaban J connectivity index is 2.23. The van der Waals surface area contributed by atoms with Crippen molar-refractivity contribution in [1.82, 2.24) is 4.31 Å². The zero-order chi connectivity index (χ0) is 14.0. The van der Waals surface area contributed by atoms with Gasteiger partial charge in [0.05, 0.1) is 11.5 Å². The largest absolute Gasteiger partial charge is 0.384 e. The van der Waals surface area contributed by atoms with E-state index in [1.54, 1.807) is 7.11 Å². The topological polar surface area (TPSA) is 46.6 Å². The van der Waals surface area contributed by atoms with Gasteiger partial charge in [0.1, 0.15) is 5.82 Å². The Morgan fingerprint density at radius 1 is 1.53 bits per heavy atom. The molecule has 0 saturated carbocycles. The molecule has 1 heterocycles. The first-order valence-corrected chi connectivity index (χ1v) is 8.12. The second kappa shape index (κ2) is 5.87. The van der Waals surface area contributed by atoms with Gasteiger partial charge < -0.3 is 4.74 Å². The highest BCUT2D eigenvalue weighted by Gasteiger charge is 2.33. The van der Waals surface area contributed by atoms with E-state index in [1.165, 1.54) is 10.4 Å². The van der Waals surface area contributed by atoms with Crippen molar-refractivity contribution in [1.29, 1.82) is 0 Å². The molecule has 0 spiro atoms. The third-order valence-corrected chi connectivity index (χ3v) is 6.00. The first-order valence-electron chi connectivity index (χ1n) is 5.89. The van der Waals surface area contributed by atoms with Gasteiger partial charge in [-0.05, 0) is 46.5 Å². The fourth-order valence-corrected chi connectivity index (χ4v) is 4.75. The van der Waals surface area contributed by atoms with Crippen LogP contribution in [-0.4, -0.2) is 39.5 Å². The molecule has 0 N–H and O–H groups in total. The highest BCUT2D eigenvalue weighted by Crippen LogP contribution is 2.29. The quantitative estimate of drug-likeness (QED) is 0.835. The molecule has 7 heteroatoms.